The number of carbonyl (C=O) groups is 2. The van der Waals surface area contributed by atoms with Crippen molar-refractivity contribution >= 4 is 11.8 Å². The Morgan fingerprint density at radius 1 is 1.53 bits per heavy atom. The van der Waals surface area contributed by atoms with Gasteiger partial charge in [0.05, 0.1) is 7.11 Å². The third-order valence-electron chi connectivity index (χ3n) is 2.93. The van der Waals surface area contributed by atoms with Crippen LogP contribution >= 0.6 is 0 Å². The lowest BCUT2D eigenvalue weighted by Crippen LogP contribution is -2.31. The average molecular weight is 210 g/mol. The smallest absolute Gasteiger partial charge is 0.316 e. The van der Waals surface area contributed by atoms with Crippen LogP contribution in [0.3, 0.4) is 0 Å². The van der Waals surface area contributed by atoms with Crippen LogP contribution in [0.2, 0.25) is 0 Å². The summed E-state index contributed by atoms with van der Waals surface area (Å²) >= 11 is 0. The molecular formula is C12H18O3. The molecule has 84 valence electrons. The third kappa shape index (κ3) is 2.91. The van der Waals surface area contributed by atoms with Gasteiger partial charge in [0.1, 0.15) is 11.7 Å². The summed E-state index contributed by atoms with van der Waals surface area (Å²) in [5.41, 5.74) is 1.27. The third-order valence-corrected chi connectivity index (χ3v) is 2.93. The Morgan fingerprint density at radius 3 is 2.67 bits per heavy atom. The molecule has 1 aliphatic rings. The summed E-state index contributed by atoms with van der Waals surface area (Å²) in [5.74, 6) is -1.08. The van der Waals surface area contributed by atoms with Crippen molar-refractivity contribution in [2.75, 3.05) is 7.11 Å². The summed E-state index contributed by atoms with van der Waals surface area (Å²) in [7, 11) is 1.33. The first-order chi connectivity index (χ1) is 7.06. The van der Waals surface area contributed by atoms with Crippen LogP contribution in [0, 0.1) is 11.8 Å². The van der Waals surface area contributed by atoms with E-state index in [-0.39, 0.29) is 11.7 Å². The van der Waals surface area contributed by atoms with Gasteiger partial charge >= 0.3 is 5.97 Å². The molecule has 0 aromatic carbocycles. The molecule has 1 rings (SSSR count). The van der Waals surface area contributed by atoms with E-state index in [0.717, 1.165) is 19.3 Å². The first kappa shape index (κ1) is 12.0. The van der Waals surface area contributed by atoms with Crippen molar-refractivity contribution in [2.45, 2.75) is 33.1 Å². The Balaban J connectivity index is 2.84. The minimum atomic E-state index is -0.606. The molecule has 15 heavy (non-hydrogen) atoms. The molecule has 0 amide bonds. The van der Waals surface area contributed by atoms with Crippen LogP contribution in [-0.4, -0.2) is 18.9 Å². The van der Waals surface area contributed by atoms with Crippen LogP contribution < -0.4 is 0 Å². The molecular weight excluding hydrogens is 192 g/mol. The predicted octanol–water partition coefficient (Wildman–Crippen LogP) is 2.11. The van der Waals surface area contributed by atoms with Crippen LogP contribution in [0.5, 0.6) is 0 Å². The molecule has 0 bridgehead atoms. The quantitative estimate of drug-likeness (QED) is 0.407. The highest BCUT2D eigenvalue weighted by Gasteiger charge is 2.32. The molecule has 1 aliphatic carbocycles. The number of hydrogen-bond acceptors (Lipinski definition) is 3. The molecule has 0 aromatic heterocycles. The van der Waals surface area contributed by atoms with Gasteiger partial charge in [0.25, 0.3) is 0 Å². The fourth-order valence-corrected chi connectivity index (χ4v) is 2.18. The summed E-state index contributed by atoms with van der Waals surface area (Å²) < 4.78 is 4.67. The SMILES string of the molecule is COC(=O)C(C(C)=O)C1C=C(C)CCC1. The van der Waals surface area contributed by atoms with Gasteiger partial charge in [-0.3, -0.25) is 9.59 Å². The fourth-order valence-electron chi connectivity index (χ4n) is 2.18. The van der Waals surface area contributed by atoms with Gasteiger partial charge in [-0.2, -0.15) is 0 Å². The minimum absolute atomic E-state index is 0.0312. The largest absolute Gasteiger partial charge is 0.468 e. The number of esters is 1. The molecule has 3 nitrogen and oxygen atoms in total. The number of rotatable bonds is 3. The summed E-state index contributed by atoms with van der Waals surface area (Å²) in [4.78, 5) is 22.9. The number of allylic oxidation sites excluding steroid dienone is 2. The van der Waals surface area contributed by atoms with Gasteiger partial charge in [-0.1, -0.05) is 11.6 Å². The lowest BCUT2D eigenvalue weighted by Gasteiger charge is -2.24. The van der Waals surface area contributed by atoms with E-state index < -0.39 is 11.9 Å². The number of ether oxygens (including phenoxy) is 1. The van der Waals surface area contributed by atoms with Crippen molar-refractivity contribution in [3.8, 4) is 0 Å². The zero-order chi connectivity index (χ0) is 11.4. The van der Waals surface area contributed by atoms with Gasteiger partial charge in [0.2, 0.25) is 0 Å². The van der Waals surface area contributed by atoms with Crippen LogP contribution in [0.15, 0.2) is 11.6 Å². The Hall–Kier alpha value is -1.12. The normalized spacial score (nSPS) is 22.9. The summed E-state index contributed by atoms with van der Waals surface area (Å²) in [5, 5.41) is 0. The first-order valence-corrected chi connectivity index (χ1v) is 5.32. The summed E-state index contributed by atoms with van der Waals surface area (Å²) in [6.45, 7) is 3.50. The Kier molecular flexibility index (Phi) is 4.06. The molecule has 0 heterocycles. The Bertz CT molecular complexity index is 291. The number of Topliss-reactive ketones (excluding diaryl/α,β-unsaturated/α-hetero) is 1. The molecule has 0 saturated heterocycles. The average Bonchev–Trinajstić information content (AvgIpc) is 2.17. The number of methoxy groups -OCH3 is 1. The molecule has 0 saturated carbocycles. The highest BCUT2D eigenvalue weighted by atomic mass is 16.5. The maximum Gasteiger partial charge on any atom is 0.316 e. The summed E-state index contributed by atoms with van der Waals surface area (Å²) in [6, 6.07) is 0. The predicted molar refractivity (Wildman–Crippen MR) is 57.3 cm³/mol. The molecule has 0 aliphatic heterocycles. The van der Waals surface area contributed by atoms with E-state index in [1.807, 2.05) is 13.0 Å². The van der Waals surface area contributed by atoms with Crippen molar-refractivity contribution in [1.82, 2.24) is 0 Å². The molecule has 0 spiro atoms. The molecule has 3 heteroatoms. The van der Waals surface area contributed by atoms with Gasteiger partial charge < -0.3 is 4.74 Å². The van der Waals surface area contributed by atoms with Gasteiger partial charge in [-0.15, -0.1) is 0 Å². The maximum atomic E-state index is 11.5. The highest BCUT2D eigenvalue weighted by Crippen LogP contribution is 2.29. The van der Waals surface area contributed by atoms with Crippen molar-refractivity contribution in [1.29, 1.82) is 0 Å². The topological polar surface area (TPSA) is 43.4 Å². The molecule has 0 radical (unpaired) electrons. The zero-order valence-electron chi connectivity index (χ0n) is 9.58. The van der Waals surface area contributed by atoms with Crippen molar-refractivity contribution < 1.29 is 14.3 Å². The molecule has 2 unspecified atom stereocenters. The van der Waals surface area contributed by atoms with Crippen molar-refractivity contribution in [2.24, 2.45) is 11.8 Å². The van der Waals surface area contributed by atoms with Gasteiger partial charge in [0.15, 0.2) is 0 Å². The van der Waals surface area contributed by atoms with E-state index in [2.05, 4.69) is 4.74 Å². The molecule has 0 aromatic rings. The van der Waals surface area contributed by atoms with Gasteiger partial charge in [-0.25, -0.2) is 0 Å². The van der Waals surface area contributed by atoms with E-state index in [9.17, 15) is 9.59 Å². The van der Waals surface area contributed by atoms with Crippen molar-refractivity contribution in [3.05, 3.63) is 11.6 Å². The number of hydrogen-bond donors (Lipinski definition) is 0. The summed E-state index contributed by atoms with van der Waals surface area (Å²) in [6.07, 6.45) is 5.07. The maximum absolute atomic E-state index is 11.5. The van der Waals surface area contributed by atoms with Gasteiger partial charge in [0, 0.05) is 0 Å². The lowest BCUT2D eigenvalue weighted by atomic mass is 9.80. The van der Waals surface area contributed by atoms with E-state index in [1.54, 1.807) is 0 Å². The molecule has 0 N–H and O–H groups in total. The Labute approximate surface area is 90.5 Å². The van der Waals surface area contributed by atoms with Crippen LogP contribution in [0.4, 0.5) is 0 Å². The van der Waals surface area contributed by atoms with Crippen LogP contribution in [0.25, 0.3) is 0 Å². The Morgan fingerprint density at radius 2 is 2.20 bits per heavy atom. The van der Waals surface area contributed by atoms with E-state index in [0.29, 0.717) is 0 Å². The number of carbonyl (C=O) groups excluding carboxylic acids is 2. The minimum Gasteiger partial charge on any atom is -0.468 e. The second kappa shape index (κ2) is 5.10. The van der Waals surface area contributed by atoms with Crippen molar-refractivity contribution in [3.63, 3.8) is 0 Å². The van der Waals surface area contributed by atoms with E-state index in [4.69, 9.17) is 0 Å². The van der Waals surface area contributed by atoms with Crippen LogP contribution in [0.1, 0.15) is 33.1 Å². The highest BCUT2D eigenvalue weighted by molar-refractivity contribution is 5.98. The molecule has 2 atom stereocenters. The zero-order valence-corrected chi connectivity index (χ0v) is 9.58. The fraction of sp³-hybridized carbons (Fsp3) is 0.667. The van der Waals surface area contributed by atoms with Crippen LogP contribution in [-0.2, 0) is 14.3 Å². The monoisotopic (exact) mass is 210 g/mol. The second-order valence-electron chi connectivity index (χ2n) is 4.18. The second-order valence-corrected chi connectivity index (χ2v) is 4.18. The van der Waals surface area contributed by atoms with E-state index in [1.165, 1.54) is 19.6 Å². The first-order valence-electron chi connectivity index (χ1n) is 5.32. The lowest BCUT2D eigenvalue weighted by molar-refractivity contribution is -0.150. The molecule has 0 fully saturated rings. The van der Waals surface area contributed by atoms with Gasteiger partial charge in [-0.05, 0) is 39.0 Å². The standard InChI is InChI=1S/C12H18O3/c1-8-5-4-6-10(7-8)11(9(2)13)12(14)15-3/h7,10-11H,4-6H2,1-3H3. The number of ketones is 1. The van der Waals surface area contributed by atoms with E-state index >= 15 is 0 Å².